The summed E-state index contributed by atoms with van der Waals surface area (Å²) in [6.45, 7) is 3.44. The maximum absolute atomic E-state index is 11.9. The smallest absolute Gasteiger partial charge is 0.386 e. The van der Waals surface area contributed by atoms with E-state index in [0.717, 1.165) is 5.56 Å². The van der Waals surface area contributed by atoms with Gasteiger partial charge in [-0.3, -0.25) is 4.79 Å². The van der Waals surface area contributed by atoms with Crippen molar-refractivity contribution in [3.05, 3.63) is 47.5 Å². The minimum Gasteiger partial charge on any atom is -0.398 e. The lowest BCUT2D eigenvalue weighted by molar-refractivity contribution is -0.119. The lowest BCUT2D eigenvalue weighted by Crippen LogP contribution is -2.28. The Morgan fingerprint density at radius 3 is 2.50 bits per heavy atom. The van der Waals surface area contributed by atoms with Crippen LogP contribution in [0.2, 0.25) is 0 Å². The first-order valence-electron chi connectivity index (χ1n) is 6.21. The summed E-state index contributed by atoms with van der Waals surface area (Å²) in [5, 5.41) is 3.73. The number of hydrogen-bond acceptors (Lipinski definition) is 3. The number of hydrogen-bond donors (Lipinski definition) is 0. The molecule has 0 spiro atoms. The Labute approximate surface area is 118 Å². The second-order valence-electron chi connectivity index (χ2n) is 4.37. The van der Waals surface area contributed by atoms with Crippen LogP contribution in [0.15, 0.2) is 41.6 Å². The molecule has 20 heavy (non-hydrogen) atoms. The fourth-order valence-electron chi connectivity index (χ4n) is 1.49. The van der Waals surface area contributed by atoms with Gasteiger partial charge in [-0.15, -0.1) is 0 Å². The fraction of sp³-hybridized carbons (Fsp3) is 0.267. The van der Waals surface area contributed by atoms with E-state index in [9.17, 15) is 4.79 Å². The molecular formula is C15H17N3O2. The summed E-state index contributed by atoms with van der Waals surface area (Å²) in [4.78, 5) is 19.7. The predicted octanol–water partition coefficient (Wildman–Crippen LogP) is 2.60. The Morgan fingerprint density at radius 2 is 2.00 bits per heavy atom. The summed E-state index contributed by atoms with van der Waals surface area (Å²) in [7, 11) is 1.37. The van der Waals surface area contributed by atoms with E-state index in [-0.39, 0.29) is 23.1 Å². The summed E-state index contributed by atoms with van der Waals surface area (Å²) in [6.07, 6.45) is 3.34. The van der Waals surface area contributed by atoms with Crippen molar-refractivity contribution in [1.82, 2.24) is 0 Å². The van der Waals surface area contributed by atoms with Gasteiger partial charge in [-0.25, -0.2) is 0 Å². The Balaban J connectivity index is 3.07. The zero-order chi connectivity index (χ0) is 15.0. The van der Waals surface area contributed by atoms with Crippen molar-refractivity contribution >= 4 is 23.3 Å². The summed E-state index contributed by atoms with van der Waals surface area (Å²) < 4.78 is 0. The number of allylic oxidation sites excluding steroid dienone is 1. The van der Waals surface area contributed by atoms with Gasteiger partial charge in [0.25, 0.3) is 0 Å². The number of benzene rings is 1. The van der Waals surface area contributed by atoms with Gasteiger partial charge in [0.1, 0.15) is 7.11 Å². The van der Waals surface area contributed by atoms with Crippen LogP contribution in [0.1, 0.15) is 19.4 Å². The molecule has 0 aliphatic heterocycles. The van der Waals surface area contributed by atoms with E-state index in [2.05, 4.69) is 9.95 Å². The Bertz CT molecular complexity index is 568. The van der Waals surface area contributed by atoms with Gasteiger partial charge in [0.05, 0.1) is 0 Å². The average Bonchev–Trinajstić information content (AvgIpc) is 2.46. The van der Waals surface area contributed by atoms with Crippen molar-refractivity contribution in [2.45, 2.75) is 13.8 Å². The molecule has 0 fully saturated rings. The molecule has 1 aromatic carbocycles. The van der Waals surface area contributed by atoms with E-state index < -0.39 is 0 Å². The average molecular weight is 271 g/mol. The first-order valence-corrected chi connectivity index (χ1v) is 6.21. The molecule has 1 aromatic rings. The molecule has 0 unspecified atom stereocenters. The number of carbonyl (C=O) groups excluding carboxylic acids is 1. The zero-order valence-corrected chi connectivity index (χ0v) is 11.8. The SMILES string of the molecule is CO/N=C(/C=C/c1ccccc1)C(=[N+]=[N-])C(=O)C(C)C. The van der Waals surface area contributed by atoms with Crippen molar-refractivity contribution in [1.29, 1.82) is 0 Å². The summed E-state index contributed by atoms with van der Waals surface area (Å²) >= 11 is 0. The van der Waals surface area contributed by atoms with Gasteiger partial charge >= 0.3 is 5.71 Å². The molecule has 0 amide bonds. The molecule has 0 heterocycles. The Hall–Kier alpha value is -2.52. The van der Waals surface area contributed by atoms with E-state index in [0.29, 0.717) is 0 Å². The summed E-state index contributed by atoms with van der Waals surface area (Å²) in [5.74, 6) is -0.603. The highest BCUT2D eigenvalue weighted by atomic mass is 16.6. The normalized spacial score (nSPS) is 11.5. The standard InChI is InChI=1S/C15H17N3O2/c1-11(2)15(19)14(17-16)13(18-20-3)10-9-12-7-5-4-6-8-12/h4-11H,1-3H3/b10-9+,18-13-. The zero-order valence-electron chi connectivity index (χ0n) is 11.8. The first kappa shape index (κ1) is 15.5. The van der Waals surface area contributed by atoms with Gasteiger partial charge < -0.3 is 10.4 Å². The highest BCUT2D eigenvalue weighted by molar-refractivity contribution is 6.68. The molecule has 0 radical (unpaired) electrons. The van der Waals surface area contributed by atoms with Gasteiger partial charge in [0, 0.05) is 5.92 Å². The minimum atomic E-state index is -0.305. The second kappa shape index (κ2) is 7.81. The third-order valence-electron chi connectivity index (χ3n) is 2.52. The number of Topliss-reactive ketones (excluding diaryl/α,β-unsaturated/α-hetero) is 1. The van der Waals surface area contributed by atoms with Crippen LogP contribution in [-0.2, 0) is 9.63 Å². The summed E-state index contributed by atoms with van der Waals surface area (Å²) in [5.41, 5.74) is 10.0. The molecular weight excluding hydrogens is 254 g/mol. The van der Waals surface area contributed by atoms with Crippen LogP contribution in [0.5, 0.6) is 0 Å². The van der Waals surface area contributed by atoms with Crippen LogP contribution in [-0.4, -0.2) is 29.1 Å². The lowest BCUT2D eigenvalue weighted by atomic mass is 10.0. The largest absolute Gasteiger partial charge is 0.398 e. The second-order valence-corrected chi connectivity index (χ2v) is 4.37. The van der Waals surface area contributed by atoms with Gasteiger partial charge in [0.2, 0.25) is 5.78 Å². The van der Waals surface area contributed by atoms with Crippen molar-refractivity contribution < 1.29 is 14.4 Å². The quantitative estimate of drug-likeness (QED) is 0.345. The molecule has 0 aliphatic rings. The lowest BCUT2D eigenvalue weighted by Gasteiger charge is -1.99. The molecule has 5 heteroatoms. The van der Waals surface area contributed by atoms with Crippen molar-refractivity contribution in [2.75, 3.05) is 7.11 Å². The molecule has 0 atom stereocenters. The highest BCUT2D eigenvalue weighted by Gasteiger charge is 2.28. The van der Waals surface area contributed by atoms with E-state index in [1.54, 1.807) is 26.0 Å². The Morgan fingerprint density at radius 1 is 1.35 bits per heavy atom. The molecule has 0 aromatic heterocycles. The molecule has 104 valence electrons. The van der Waals surface area contributed by atoms with Crippen LogP contribution in [0.4, 0.5) is 0 Å². The molecule has 0 bridgehead atoms. The molecule has 0 N–H and O–H groups in total. The number of rotatable bonds is 6. The van der Waals surface area contributed by atoms with Gasteiger partial charge in [0.15, 0.2) is 5.71 Å². The number of ketones is 1. The van der Waals surface area contributed by atoms with Crippen LogP contribution in [0, 0.1) is 5.92 Å². The molecule has 1 rings (SSSR count). The van der Waals surface area contributed by atoms with Crippen LogP contribution in [0.25, 0.3) is 11.6 Å². The van der Waals surface area contributed by atoms with Crippen LogP contribution >= 0.6 is 0 Å². The van der Waals surface area contributed by atoms with Crippen molar-refractivity contribution in [3.8, 4) is 0 Å². The molecule has 0 saturated heterocycles. The van der Waals surface area contributed by atoms with E-state index >= 15 is 0 Å². The summed E-state index contributed by atoms with van der Waals surface area (Å²) in [6, 6.07) is 9.51. The van der Waals surface area contributed by atoms with Gasteiger partial charge in [-0.05, 0) is 11.6 Å². The van der Waals surface area contributed by atoms with Crippen molar-refractivity contribution in [2.24, 2.45) is 11.1 Å². The first-order chi connectivity index (χ1) is 9.60. The monoisotopic (exact) mass is 271 g/mol. The molecule has 0 aliphatic carbocycles. The predicted molar refractivity (Wildman–Crippen MR) is 78.4 cm³/mol. The molecule has 5 nitrogen and oxygen atoms in total. The van der Waals surface area contributed by atoms with Crippen LogP contribution < -0.4 is 0 Å². The topological polar surface area (TPSA) is 75.1 Å². The van der Waals surface area contributed by atoms with Gasteiger partial charge in [-0.2, -0.15) is 4.79 Å². The van der Waals surface area contributed by atoms with Crippen molar-refractivity contribution in [3.63, 3.8) is 0 Å². The number of nitrogens with zero attached hydrogens (tertiary/aromatic N) is 3. The highest BCUT2D eigenvalue weighted by Crippen LogP contribution is 2.04. The third-order valence-corrected chi connectivity index (χ3v) is 2.52. The maximum Gasteiger partial charge on any atom is 0.386 e. The van der Waals surface area contributed by atoms with E-state index in [1.807, 2.05) is 30.3 Å². The number of carbonyl (C=O) groups is 1. The van der Waals surface area contributed by atoms with Crippen LogP contribution in [0.3, 0.4) is 0 Å². The number of oxime groups is 1. The minimum absolute atomic E-state index is 0.117. The third kappa shape index (κ3) is 4.30. The Kier molecular flexibility index (Phi) is 6.07. The fourth-order valence-corrected chi connectivity index (χ4v) is 1.49. The van der Waals surface area contributed by atoms with Gasteiger partial charge in [-0.1, -0.05) is 55.4 Å². The van der Waals surface area contributed by atoms with E-state index in [1.165, 1.54) is 7.11 Å². The molecule has 0 saturated carbocycles. The van der Waals surface area contributed by atoms with E-state index in [4.69, 9.17) is 10.4 Å². The maximum atomic E-state index is 11.9.